The van der Waals surface area contributed by atoms with E-state index in [1.165, 1.54) is 11.3 Å². The number of carbonyl (C=O) groups is 4. The van der Waals surface area contributed by atoms with Crippen LogP contribution in [0.25, 0.3) is 0 Å². The van der Waals surface area contributed by atoms with Crippen molar-refractivity contribution in [3.63, 3.8) is 0 Å². The van der Waals surface area contributed by atoms with Crippen LogP contribution in [-0.4, -0.2) is 51.0 Å². The molecule has 1 heterocycles. The van der Waals surface area contributed by atoms with Gasteiger partial charge in [0.05, 0.1) is 10.1 Å². The van der Waals surface area contributed by atoms with Gasteiger partial charge in [0.15, 0.2) is 0 Å². The molecular formula is C16H24N2O6S2. The van der Waals surface area contributed by atoms with Crippen molar-refractivity contribution < 1.29 is 29.4 Å². The molecule has 2 unspecified atom stereocenters. The lowest BCUT2D eigenvalue weighted by Crippen LogP contribution is -2.35. The summed E-state index contributed by atoms with van der Waals surface area (Å²) < 4.78 is 0. The molecule has 1 amide bonds. The van der Waals surface area contributed by atoms with Gasteiger partial charge in [-0.05, 0) is 24.8 Å². The molecule has 0 aromatic carbocycles. The lowest BCUT2D eigenvalue weighted by molar-refractivity contribution is -0.139. The van der Waals surface area contributed by atoms with Gasteiger partial charge in [-0.1, -0.05) is 37.6 Å². The molecule has 10 heteroatoms. The second-order valence-corrected chi connectivity index (χ2v) is 7.48. The molecule has 0 aliphatic heterocycles. The number of aliphatic carboxylic acids is 2. The molecular weight excluding hydrogens is 380 g/mol. The van der Waals surface area contributed by atoms with Crippen LogP contribution in [0.5, 0.6) is 0 Å². The van der Waals surface area contributed by atoms with Gasteiger partial charge in [-0.2, -0.15) is 0 Å². The van der Waals surface area contributed by atoms with E-state index in [1.54, 1.807) is 24.4 Å². The van der Waals surface area contributed by atoms with Crippen molar-refractivity contribution in [3.05, 3.63) is 22.4 Å². The lowest BCUT2D eigenvalue weighted by Gasteiger charge is -2.08. The quantitative estimate of drug-likeness (QED) is 0.487. The van der Waals surface area contributed by atoms with Gasteiger partial charge in [0.1, 0.15) is 12.6 Å². The zero-order chi connectivity index (χ0) is 20.1. The maximum atomic E-state index is 11.6. The molecule has 1 aromatic heterocycles. The topological polar surface area (TPSA) is 147 Å². The number of amides is 1. The summed E-state index contributed by atoms with van der Waals surface area (Å²) in [6.07, 6.45) is 2.49. The molecule has 0 aliphatic carbocycles. The first kappa shape index (κ1) is 24.1. The third-order valence-corrected chi connectivity index (χ3v) is 4.97. The summed E-state index contributed by atoms with van der Waals surface area (Å²) in [6.45, 7) is 3.14. The van der Waals surface area contributed by atoms with Gasteiger partial charge in [-0.25, -0.2) is 0 Å². The Morgan fingerprint density at radius 2 is 1.96 bits per heavy atom. The molecule has 8 nitrogen and oxygen atoms in total. The first-order chi connectivity index (χ1) is 12.2. The fourth-order valence-electron chi connectivity index (χ4n) is 1.52. The number of hydrogen-bond acceptors (Lipinski definition) is 7. The van der Waals surface area contributed by atoms with Crippen LogP contribution in [0.2, 0.25) is 0 Å². The summed E-state index contributed by atoms with van der Waals surface area (Å²) in [4.78, 5) is 43.9. The molecule has 1 rings (SSSR count). The van der Waals surface area contributed by atoms with Crippen molar-refractivity contribution in [3.8, 4) is 0 Å². The van der Waals surface area contributed by atoms with Crippen LogP contribution in [0.3, 0.4) is 0 Å². The highest BCUT2D eigenvalue weighted by Gasteiger charge is 2.19. The Kier molecular flexibility index (Phi) is 12.3. The molecule has 0 radical (unpaired) electrons. The maximum absolute atomic E-state index is 11.6. The number of nitrogens with one attached hydrogen (secondary N) is 1. The minimum Gasteiger partial charge on any atom is -0.480 e. The molecule has 0 saturated heterocycles. The van der Waals surface area contributed by atoms with Gasteiger partial charge >= 0.3 is 11.9 Å². The van der Waals surface area contributed by atoms with Crippen molar-refractivity contribution in [2.45, 2.75) is 44.4 Å². The van der Waals surface area contributed by atoms with Crippen LogP contribution >= 0.6 is 23.1 Å². The van der Waals surface area contributed by atoms with E-state index in [2.05, 4.69) is 5.32 Å². The van der Waals surface area contributed by atoms with E-state index in [1.807, 2.05) is 6.92 Å². The highest BCUT2D eigenvalue weighted by atomic mass is 32.2. The van der Waals surface area contributed by atoms with E-state index >= 15 is 0 Å². The Labute approximate surface area is 160 Å². The number of thioether (sulfide) groups is 1. The molecule has 1 aromatic rings. The Hall–Kier alpha value is -1.91. The summed E-state index contributed by atoms with van der Waals surface area (Å²) in [5.41, 5.74) is 5.20. The number of hydrogen-bond donors (Lipinski definition) is 4. The summed E-state index contributed by atoms with van der Waals surface area (Å²) in [5, 5.41) is 19.9. The number of thiophene rings is 1. The van der Waals surface area contributed by atoms with E-state index in [4.69, 9.17) is 15.9 Å². The van der Waals surface area contributed by atoms with Gasteiger partial charge in [-0.3, -0.25) is 19.2 Å². The minimum absolute atomic E-state index is 0.182. The molecule has 0 spiro atoms. The second-order valence-electron chi connectivity index (χ2n) is 5.22. The Bertz CT molecular complexity index is 592. The highest BCUT2D eigenvalue weighted by Crippen LogP contribution is 2.21. The standard InChI is InChI=1S/C10H11NO4S2.C6H13NO2/c1-6(9(14)11-5-8(12)13)17-10(15)7-3-2-4-16-7;1-2-3-4-5(7)6(8)9/h2-4,6H,5H2,1H3,(H,11,14)(H,12,13);5H,2-4,7H2,1H3,(H,8,9). The molecule has 0 bridgehead atoms. The normalized spacial score (nSPS) is 12.3. The number of carboxylic acids is 2. The lowest BCUT2D eigenvalue weighted by atomic mass is 10.1. The maximum Gasteiger partial charge on any atom is 0.322 e. The van der Waals surface area contributed by atoms with Crippen molar-refractivity contribution in [1.29, 1.82) is 0 Å². The molecule has 146 valence electrons. The summed E-state index contributed by atoms with van der Waals surface area (Å²) in [5.74, 6) is -2.47. The average molecular weight is 405 g/mol. The SMILES string of the molecule is CC(SC(=O)c1cccs1)C(=O)NCC(=O)O.CCCCC(N)C(=O)O. The van der Waals surface area contributed by atoms with Crippen LogP contribution in [0, 0.1) is 0 Å². The van der Waals surface area contributed by atoms with Gasteiger partial charge < -0.3 is 21.3 Å². The molecule has 2 atom stereocenters. The minimum atomic E-state index is -1.11. The fraction of sp³-hybridized carbons (Fsp3) is 0.500. The van der Waals surface area contributed by atoms with Crippen molar-refractivity contribution in [2.24, 2.45) is 5.73 Å². The monoisotopic (exact) mass is 404 g/mol. The summed E-state index contributed by atoms with van der Waals surface area (Å²) >= 11 is 2.19. The van der Waals surface area contributed by atoms with Gasteiger partial charge in [0, 0.05) is 0 Å². The Balaban J connectivity index is 0.000000590. The smallest absolute Gasteiger partial charge is 0.322 e. The third-order valence-electron chi connectivity index (χ3n) is 2.98. The van der Waals surface area contributed by atoms with E-state index in [9.17, 15) is 19.2 Å². The van der Waals surface area contributed by atoms with E-state index in [-0.39, 0.29) is 5.12 Å². The van der Waals surface area contributed by atoms with Gasteiger partial charge in [-0.15, -0.1) is 11.3 Å². The molecule has 26 heavy (non-hydrogen) atoms. The summed E-state index contributed by atoms with van der Waals surface area (Å²) in [7, 11) is 0. The predicted octanol–water partition coefficient (Wildman–Crippen LogP) is 1.80. The average Bonchev–Trinajstić information content (AvgIpc) is 3.12. The number of carbonyl (C=O) groups excluding carboxylic acids is 2. The zero-order valence-electron chi connectivity index (χ0n) is 14.6. The molecule has 0 saturated carbocycles. The highest BCUT2D eigenvalue weighted by molar-refractivity contribution is 8.15. The Morgan fingerprint density at radius 1 is 1.31 bits per heavy atom. The van der Waals surface area contributed by atoms with E-state index in [0.29, 0.717) is 11.3 Å². The van der Waals surface area contributed by atoms with Crippen LogP contribution in [0.1, 0.15) is 42.8 Å². The molecule has 5 N–H and O–H groups in total. The van der Waals surface area contributed by atoms with Crippen molar-refractivity contribution in [1.82, 2.24) is 5.32 Å². The number of nitrogens with two attached hydrogens (primary N) is 1. The predicted molar refractivity (Wildman–Crippen MR) is 101 cm³/mol. The van der Waals surface area contributed by atoms with Crippen LogP contribution < -0.4 is 11.1 Å². The fourth-order valence-corrected chi connectivity index (χ4v) is 3.06. The van der Waals surface area contributed by atoms with Crippen molar-refractivity contribution in [2.75, 3.05) is 6.54 Å². The van der Waals surface area contributed by atoms with Crippen LogP contribution in [0.15, 0.2) is 17.5 Å². The van der Waals surface area contributed by atoms with Crippen LogP contribution in [0.4, 0.5) is 0 Å². The van der Waals surface area contributed by atoms with Crippen LogP contribution in [-0.2, 0) is 14.4 Å². The zero-order valence-corrected chi connectivity index (χ0v) is 16.3. The second kappa shape index (κ2) is 13.3. The van der Waals surface area contributed by atoms with Gasteiger partial charge in [0.25, 0.3) is 0 Å². The molecule has 0 fully saturated rings. The Morgan fingerprint density at radius 3 is 2.42 bits per heavy atom. The summed E-state index contributed by atoms with van der Waals surface area (Å²) in [6, 6.07) is 2.78. The molecule has 0 aliphatic rings. The first-order valence-corrected chi connectivity index (χ1v) is 9.67. The van der Waals surface area contributed by atoms with E-state index in [0.717, 1.165) is 24.6 Å². The van der Waals surface area contributed by atoms with Gasteiger partial charge in [0.2, 0.25) is 11.0 Å². The number of rotatable bonds is 9. The number of unbranched alkanes of at least 4 members (excludes halogenated alkanes) is 1. The van der Waals surface area contributed by atoms with Crippen molar-refractivity contribution >= 4 is 46.1 Å². The first-order valence-electron chi connectivity index (χ1n) is 7.91. The third kappa shape index (κ3) is 10.9. The number of carboxylic acid groups (broad SMARTS) is 2. The largest absolute Gasteiger partial charge is 0.480 e. The van der Waals surface area contributed by atoms with E-state index < -0.39 is 35.7 Å².